The minimum absolute atomic E-state index is 0.214. The summed E-state index contributed by atoms with van der Waals surface area (Å²) in [5.74, 6) is 0.478. The monoisotopic (exact) mass is 294 g/mol. The fourth-order valence-electron chi connectivity index (χ4n) is 1.84. The largest absolute Gasteiger partial charge is 0.496 e. The van der Waals surface area contributed by atoms with Gasteiger partial charge in [-0.15, -0.1) is 0 Å². The van der Waals surface area contributed by atoms with Gasteiger partial charge in [0.25, 0.3) is 0 Å². The van der Waals surface area contributed by atoms with Crippen LogP contribution in [0.4, 0.5) is 4.79 Å². The van der Waals surface area contributed by atoms with Crippen molar-refractivity contribution in [2.24, 2.45) is 5.73 Å². The number of unbranched alkanes of at least 4 members (excludes halogenated alkanes) is 2. The summed E-state index contributed by atoms with van der Waals surface area (Å²) in [5, 5.41) is 2.50. The predicted octanol–water partition coefficient (Wildman–Crippen LogP) is 1.97. The van der Waals surface area contributed by atoms with E-state index in [1.807, 2.05) is 24.3 Å². The number of urea groups is 1. The molecule has 0 bridgehead atoms. The molecule has 6 heteroatoms. The van der Waals surface area contributed by atoms with Crippen LogP contribution in [0.3, 0.4) is 0 Å². The van der Waals surface area contributed by atoms with E-state index < -0.39 is 6.03 Å². The second-order valence-corrected chi connectivity index (χ2v) is 4.57. The molecule has 0 heterocycles. The molecule has 1 aromatic rings. The van der Waals surface area contributed by atoms with E-state index >= 15 is 0 Å². The molecule has 21 heavy (non-hydrogen) atoms. The first-order valence-electron chi connectivity index (χ1n) is 6.94. The van der Waals surface area contributed by atoms with Crippen molar-refractivity contribution in [2.75, 3.05) is 13.7 Å². The molecule has 2 amide bonds. The Labute approximate surface area is 124 Å². The number of nitrogens with one attached hydrogen (secondary N) is 1. The molecule has 0 aliphatic heterocycles. The Morgan fingerprint density at radius 3 is 2.67 bits per heavy atom. The summed E-state index contributed by atoms with van der Waals surface area (Å²) < 4.78 is 10.4. The highest BCUT2D eigenvalue weighted by molar-refractivity contribution is 5.71. The maximum Gasteiger partial charge on any atom is 0.312 e. The van der Waals surface area contributed by atoms with E-state index in [2.05, 4.69) is 5.32 Å². The smallest absolute Gasteiger partial charge is 0.312 e. The van der Waals surface area contributed by atoms with E-state index in [0.29, 0.717) is 18.7 Å². The van der Waals surface area contributed by atoms with Crippen LogP contribution in [-0.4, -0.2) is 25.7 Å². The third-order valence-electron chi connectivity index (χ3n) is 2.94. The number of hydrogen-bond donors (Lipinski definition) is 2. The Morgan fingerprint density at radius 1 is 1.19 bits per heavy atom. The number of ether oxygens (including phenoxy) is 2. The number of amides is 2. The van der Waals surface area contributed by atoms with Crippen LogP contribution in [0.1, 0.15) is 31.2 Å². The fraction of sp³-hybridized carbons (Fsp3) is 0.467. The summed E-state index contributed by atoms with van der Waals surface area (Å²) in [5.41, 5.74) is 5.79. The molecule has 0 saturated heterocycles. The van der Waals surface area contributed by atoms with Gasteiger partial charge in [-0.2, -0.15) is 0 Å². The lowest BCUT2D eigenvalue weighted by atomic mass is 10.2. The average Bonchev–Trinajstić information content (AvgIpc) is 2.48. The number of primary amides is 1. The van der Waals surface area contributed by atoms with Crippen molar-refractivity contribution < 1.29 is 19.1 Å². The van der Waals surface area contributed by atoms with Crippen molar-refractivity contribution in [3.63, 3.8) is 0 Å². The highest BCUT2D eigenvalue weighted by atomic mass is 16.5. The number of carbonyl (C=O) groups is 2. The summed E-state index contributed by atoms with van der Waals surface area (Å²) in [7, 11) is 1.58. The molecule has 116 valence electrons. The predicted molar refractivity (Wildman–Crippen MR) is 78.8 cm³/mol. The Balaban J connectivity index is 2.15. The highest BCUT2D eigenvalue weighted by Gasteiger charge is 2.06. The van der Waals surface area contributed by atoms with Crippen molar-refractivity contribution in [3.8, 4) is 5.75 Å². The SMILES string of the molecule is COc1ccccc1COC(=O)CCCCCNC(N)=O. The van der Waals surface area contributed by atoms with Crippen LogP contribution in [0.25, 0.3) is 0 Å². The van der Waals surface area contributed by atoms with Crippen molar-refractivity contribution in [3.05, 3.63) is 29.8 Å². The summed E-state index contributed by atoms with van der Waals surface area (Å²) in [6.07, 6.45) is 2.73. The normalized spacial score (nSPS) is 9.95. The Morgan fingerprint density at radius 2 is 1.95 bits per heavy atom. The molecule has 6 nitrogen and oxygen atoms in total. The molecule has 0 aliphatic rings. The van der Waals surface area contributed by atoms with E-state index in [9.17, 15) is 9.59 Å². The third-order valence-corrected chi connectivity index (χ3v) is 2.94. The summed E-state index contributed by atoms with van der Waals surface area (Å²) in [4.78, 5) is 22.0. The van der Waals surface area contributed by atoms with Crippen LogP contribution >= 0.6 is 0 Å². The standard InChI is InChI=1S/C15H22N2O4/c1-20-13-8-5-4-7-12(13)11-21-14(18)9-3-2-6-10-17-15(16)19/h4-5,7-8H,2-3,6,9-11H2,1H3,(H3,16,17,19). The molecule has 0 atom stereocenters. The molecule has 0 fully saturated rings. The van der Waals surface area contributed by atoms with Gasteiger partial charge in [0, 0.05) is 18.5 Å². The lowest BCUT2D eigenvalue weighted by Gasteiger charge is -2.09. The van der Waals surface area contributed by atoms with Crippen molar-refractivity contribution in [1.82, 2.24) is 5.32 Å². The van der Waals surface area contributed by atoms with Crippen molar-refractivity contribution in [2.45, 2.75) is 32.3 Å². The first-order valence-corrected chi connectivity index (χ1v) is 6.94. The van der Waals surface area contributed by atoms with Gasteiger partial charge in [0.15, 0.2) is 0 Å². The summed E-state index contributed by atoms with van der Waals surface area (Å²) >= 11 is 0. The molecule has 0 radical (unpaired) electrons. The van der Waals surface area contributed by atoms with Gasteiger partial charge in [-0.25, -0.2) is 4.79 Å². The molecule has 1 aromatic carbocycles. The number of para-hydroxylation sites is 1. The van der Waals surface area contributed by atoms with Gasteiger partial charge in [0.05, 0.1) is 7.11 Å². The van der Waals surface area contributed by atoms with Crippen LogP contribution < -0.4 is 15.8 Å². The van der Waals surface area contributed by atoms with E-state index in [1.165, 1.54) is 0 Å². The molecule has 0 aliphatic carbocycles. The van der Waals surface area contributed by atoms with E-state index in [1.54, 1.807) is 7.11 Å². The van der Waals surface area contributed by atoms with Crippen LogP contribution in [0.15, 0.2) is 24.3 Å². The number of carbonyl (C=O) groups excluding carboxylic acids is 2. The number of rotatable bonds is 9. The molecular formula is C15H22N2O4. The van der Waals surface area contributed by atoms with Gasteiger partial charge in [-0.05, 0) is 18.9 Å². The zero-order chi connectivity index (χ0) is 15.5. The first kappa shape index (κ1) is 16.8. The molecule has 0 unspecified atom stereocenters. The number of benzene rings is 1. The van der Waals surface area contributed by atoms with Crippen LogP contribution in [0.2, 0.25) is 0 Å². The van der Waals surface area contributed by atoms with Gasteiger partial charge >= 0.3 is 12.0 Å². The number of esters is 1. The number of methoxy groups -OCH3 is 1. The average molecular weight is 294 g/mol. The van der Waals surface area contributed by atoms with Gasteiger partial charge in [0.1, 0.15) is 12.4 Å². The third kappa shape index (κ3) is 7.20. The quantitative estimate of drug-likeness (QED) is 0.538. The van der Waals surface area contributed by atoms with E-state index in [0.717, 1.165) is 24.8 Å². The second kappa shape index (κ2) is 9.63. The minimum atomic E-state index is -0.522. The van der Waals surface area contributed by atoms with Crippen LogP contribution in [0, 0.1) is 0 Å². The summed E-state index contributed by atoms with van der Waals surface area (Å²) in [6.45, 7) is 0.748. The highest BCUT2D eigenvalue weighted by Crippen LogP contribution is 2.18. The van der Waals surface area contributed by atoms with Crippen molar-refractivity contribution in [1.29, 1.82) is 0 Å². The van der Waals surface area contributed by atoms with E-state index in [-0.39, 0.29) is 12.6 Å². The zero-order valence-electron chi connectivity index (χ0n) is 12.3. The lowest BCUT2D eigenvalue weighted by molar-refractivity contribution is -0.145. The summed E-state index contributed by atoms with van der Waals surface area (Å²) in [6, 6.07) is 6.91. The maximum absolute atomic E-state index is 11.6. The van der Waals surface area contributed by atoms with Gasteiger partial charge < -0.3 is 20.5 Å². The Hall–Kier alpha value is -2.24. The van der Waals surface area contributed by atoms with E-state index in [4.69, 9.17) is 15.2 Å². The fourth-order valence-corrected chi connectivity index (χ4v) is 1.84. The molecule has 0 saturated carbocycles. The Kier molecular flexibility index (Phi) is 7.71. The first-order chi connectivity index (χ1) is 10.1. The minimum Gasteiger partial charge on any atom is -0.496 e. The van der Waals surface area contributed by atoms with Gasteiger partial charge in [0.2, 0.25) is 0 Å². The van der Waals surface area contributed by atoms with Crippen LogP contribution in [0.5, 0.6) is 5.75 Å². The number of hydrogen-bond acceptors (Lipinski definition) is 4. The lowest BCUT2D eigenvalue weighted by Crippen LogP contribution is -2.29. The molecular weight excluding hydrogens is 272 g/mol. The van der Waals surface area contributed by atoms with Gasteiger partial charge in [-0.3, -0.25) is 4.79 Å². The molecule has 3 N–H and O–H groups in total. The second-order valence-electron chi connectivity index (χ2n) is 4.57. The maximum atomic E-state index is 11.6. The molecule has 0 spiro atoms. The molecule has 1 rings (SSSR count). The van der Waals surface area contributed by atoms with Gasteiger partial charge in [-0.1, -0.05) is 24.6 Å². The van der Waals surface area contributed by atoms with Crippen molar-refractivity contribution >= 4 is 12.0 Å². The topological polar surface area (TPSA) is 90.7 Å². The Bertz CT molecular complexity index is 463. The molecule has 0 aromatic heterocycles. The zero-order valence-corrected chi connectivity index (χ0v) is 12.3. The number of nitrogens with two attached hydrogens (primary N) is 1. The van der Waals surface area contributed by atoms with Crippen LogP contribution in [-0.2, 0) is 16.1 Å².